The third kappa shape index (κ3) is 3.29. The molecule has 1 N–H and O–H groups in total. The van der Waals surface area contributed by atoms with Crippen LogP contribution in [-0.2, 0) is 4.79 Å². The zero-order chi connectivity index (χ0) is 13.7. The predicted octanol–water partition coefficient (Wildman–Crippen LogP) is 1.90. The van der Waals surface area contributed by atoms with Gasteiger partial charge in [-0.3, -0.25) is 9.69 Å². The molecule has 0 bridgehead atoms. The fraction of sp³-hybridized carbons (Fsp3) is 0.333. The molecular formula is C15H19N3O. The van der Waals surface area contributed by atoms with E-state index in [4.69, 9.17) is 0 Å². The molecule has 1 heterocycles. The van der Waals surface area contributed by atoms with E-state index in [1.54, 1.807) is 4.90 Å². The maximum atomic E-state index is 12.2. The lowest BCUT2D eigenvalue weighted by molar-refractivity contribution is -0.122. The number of nitrogens with zero attached hydrogens (tertiary/aromatic N) is 2. The van der Waals surface area contributed by atoms with Crippen LogP contribution < -0.4 is 5.32 Å². The van der Waals surface area contributed by atoms with Crippen LogP contribution in [0.1, 0.15) is 19.4 Å². The Kier molecular flexibility index (Phi) is 4.47. The molecule has 4 heteroatoms. The molecule has 0 radical (unpaired) electrons. The normalized spacial score (nSPS) is 17.2. The van der Waals surface area contributed by atoms with E-state index in [0.717, 1.165) is 24.5 Å². The fourth-order valence-electron chi connectivity index (χ4n) is 2.00. The number of nitrogens with one attached hydrogen (secondary N) is 1. The van der Waals surface area contributed by atoms with Gasteiger partial charge in [-0.15, -0.1) is 0 Å². The number of hydrogen-bond acceptors (Lipinski definition) is 3. The molecule has 1 aromatic carbocycles. The maximum absolute atomic E-state index is 12.2. The van der Waals surface area contributed by atoms with Gasteiger partial charge >= 0.3 is 0 Å². The summed E-state index contributed by atoms with van der Waals surface area (Å²) in [5.74, 6) is 0.754. The Balaban J connectivity index is 2.09. The van der Waals surface area contributed by atoms with Crippen LogP contribution in [0.15, 0.2) is 41.0 Å². The average molecular weight is 257 g/mol. The number of amides is 1. The Bertz CT molecular complexity index is 505. The maximum Gasteiger partial charge on any atom is 0.277 e. The van der Waals surface area contributed by atoms with Gasteiger partial charge in [0.25, 0.3) is 5.91 Å². The highest BCUT2D eigenvalue weighted by Gasteiger charge is 2.26. The Morgan fingerprint density at radius 1 is 1.32 bits per heavy atom. The molecule has 0 atom stereocenters. The van der Waals surface area contributed by atoms with Gasteiger partial charge in [0.1, 0.15) is 11.5 Å². The van der Waals surface area contributed by atoms with Crippen molar-refractivity contribution in [2.45, 2.75) is 13.8 Å². The van der Waals surface area contributed by atoms with E-state index in [0.29, 0.717) is 12.2 Å². The van der Waals surface area contributed by atoms with Crippen molar-refractivity contribution in [1.29, 1.82) is 0 Å². The van der Waals surface area contributed by atoms with E-state index in [-0.39, 0.29) is 5.91 Å². The second kappa shape index (κ2) is 6.29. The molecule has 0 fully saturated rings. The Hall–Kier alpha value is -1.94. The number of carbonyl (C=O) groups is 1. The first-order valence-electron chi connectivity index (χ1n) is 6.57. The number of aliphatic imine (C=N–C) groups is 1. The smallest absolute Gasteiger partial charge is 0.277 e. The van der Waals surface area contributed by atoms with Crippen LogP contribution in [-0.4, -0.2) is 36.3 Å². The second-order valence-corrected chi connectivity index (χ2v) is 4.41. The molecule has 0 unspecified atom stereocenters. The minimum atomic E-state index is -0.0146. The number of benzene rings is 1. The number of carbonyl (C=O) groups excluding carboxylic acids is 1. The monoisotopic (exact) mass is 257 g/mol. The van der Waals surface area contributed by atoms with Gasteiger partial charge in [0.15, 0.2) is 0 Å². The molecule has 0 saturated heterocycles. The van der Waals surface area contributed by atoms with Crippen LogP contribution in [0.25, 0.3) is 6.08 Å². The van der Waals surface area contributed by atoms with E-state index in [1.165, 1.54) is 0 Å². The number of amidine groups is 1. The van der Waals surface area contributed by atoms with Crippen molar-refractivity contribution in [3.8, 4) is 0 Å². The summed E-state index contributed by atoms with van der Waals surface area (Å²) >= 11 is 0. The Labute approximate surface area is 113 Å². The van der Waals surface area contributed by atoms with Gasteiger partial charge in [-0.25, -0.2) is 4.99 Å². The predicted molar refractivity (Wildman–Crippen MR) is 77.8 cm³/mol. The summed E-state index contributed by atoms with van der Waals surface area (Å²) in [7, 11) is 0. The van der Waals surface area contributed by atoms with E-state index in [9.17, 15) is 4.79 Å². The molecule has 4 nitrogen and oxygen atoms in total. The molecule has 0 saturated carbocycles. The summed E-state index contributed by atoms with van der Waals surface area (Å²) in [5.41, 5.74) is 1.51. The average Bonchev–Trinajstić information content (AvgIpc) is 2.68. The van der Waals surface area contributed by atoms with Crippen molar-refractivity contribution >= 4 is 17.8 Å². The van der Waals surface area contributed by atoms with Gasteiger partial charge < -0.3 is 5.32 Å². The van der Waals surface area contributed by atoms with Gasteiger partial charge in [-0.05, 0) is 25.1 Å². The number of rotatable bonds is 5. The standard InChI is InChI=1S/C15H19N3O/c1-3-16-9-10-18-12(2)17-14(15(18)19)11-13-7-5-4-6-8-13/h4-8,11,16H,3,9-10H2,1-2H3/b14-11-. The number of hydrogen-bond donors (Lipinski definition) is 1. The highest BCUT2D eigenvalue weighted by molar-refractivity contribution is 6.13. The lowest BCUT2D eigenvalue weighted by atomic mass is 10.2. The lowest BCUT2D eigenvalue weighted by Gasteiger charge is -2.15. The van der Waals surface area contributed by atoms with Crippen LogP contribution in [0.2, 0.25) is 0 Å². The SMILES string of the molecule is CCNCCN1C(=O)/C(=C/c2ccccc2)N=C1C. The molecular weight excluding hydrogens is 238 g/mol. The summed E-state index contributed by atoms with van der Waals surface area (Å²) in [4.78, 5) is 18.3. The van der Waals surface area contributed by atoms with Crippen molar-refractivity contribution in [3.05, 3.63) is 41.6 Å². The molecule has 0 aromatic heterocycles. The minimum Gasteiger partial charge on any atom is -0.315 e. The third-order valence-electron chi connectivity index (χ3n) is 3.00. The molecule has 1 amide bonds. The van der Waals surface area contributed by atoms with Crippen LogP contribution in [0.4, 0.5) is 0 Å². The summed E-state index contributed by atoms with van der Waals surface area (Å²) in [6, 6.07) is 9.78. The molecule has 0 aliphatic carbocycles. The largest absolute Gasteiger partial charge is 0.315 e. The first-order valence-corrected chi connectivity index (χ1v) is 6.57. The first kappa shape index (κ1) is 13.5. The highest BCUT2D eigenvalue weighted by Crippen LogP contribution is 2.17. The van der Waals surface area contributed by atoms with Crippen LogP contribution in [0.3, 0.4) is 0 Å². The minimum absolute atomic E-state index is 0.0146. The molecule has 100 valence electrons. The van der Waals surface area contributed by atoms with Crippen LogP contribution >= 0.6 is 0 Å². The molecule has 1 aromatic rings. The molecule has 0 spiro atoms. The Morgan fingerprint density at radius 2 is 2.05 bits per heavy atom. The van der Waals surface area contributed by atoms with Crippen LogP contribution in [0.5, 0.6) is 0 Å². The van der Waals surface area contributed by atoms with Gasteiger partial charge in [-0.2, -0.15) is 0 Å². The lowest BCUT2D eigenvalue weighted by Crippen LogP contribution is -2.36. The zero-order valence-electron chi connectivity index (χ0n) is 11.4. The molecule has 1 aliphatic rings. The van der Waals surface area contributed by atoms with Gasteiger partial charge in [-0.1, -0.05) is 37.3 Å². The van der Waals surface area contributed by atoms with E-state index in [2.05, 4.69) is 10.3 Å². The summed E-state index contributed by atoms with van der Waals surface area (Å²) < 4.78 is 0. The third-order valence-corrected chi connectivity index (χ3v) is 3.00. The van der Waals surface area contributed by atoms with Crippen molar-refractivity contribution in [3.63, 3.8) is 0 Å². The molecule has 1 aliphatic heterocycles. The van der Waals surface area contributed by atoms with E-state index >= 15 is 0 Å². The first-order chi connectivity index (χ1) is 9.22. The van der Waals surface area contributed by atoms with Gasteiger partial charge in [0.05, 0.1) is 0 Å². The van der Waals surface area contributed by atoms with E-state index in [1.807, 2.05) is 50.3 Å². The zero-order valence-corrected chi connectivity index (χ0v) is 11.4. The quantitative estimate of drug-likeness (QED) is 0.647. The van der Waals surface area contributed by atoms with Crippen molar-refractivity contribution in [2.75, 3.05) is 19.6 Å². The molecule has 19 heavy (non-hydrogen) atoms. The van der Waals surface area contributed by atoms with E-state index < -0.39 is 0 Å². The van der Waals surface area contributed by atoms with Crippen molar-refractivity contribution < 1.29 is 4.79 Å². The topological polar surface area (TPSA) is 44.7 Å². The number of likely N-dealkylation sites (N-methyl/N-ethyl adjacent to an activating group) is 1. The summed E-state index contributed by atoms with van der Waals surface area (Å²) in [5, 5.41) is 3.21. The van der Waals surface area contributed by atoms with Crippen molar-refractivity contribution in [2.24, 2.45) is 4.99 Å². The van der Waals surface area contributed by atoms with Gasteiger partial charge in [0.2, 0.25) is 0 Å². The van der Waals surface area contributed by atoms with Crippen LogP contribution in [0, 0.1) is 0 Å². The summed E-state index contributed by atoms with van der Waals surface area (Å²) in [6.07, 6.45) is 1.83. The van der Waals surface area contributed by atoms with Crippen molar-refractivity contribution in [1.82, 2.24) is 10.2 Å². The second-order valence-electron chi connectivity index (χ2n) is 4.41. The van der Waals surface area contributed by atoms with Gasteiger partial charge in [0, 0.05) is 13.1 Å². The highest BCUT2D eigenvalue weighted by atomic mass is 16.2. The molecule has 2 rings (SSSR count). The summed E-state index contributed by atoms with van der Waals surface area (Å²) in [6.45, 7) is 6.27. The fourth-order valence-corrected chi connectivity index (χ4v) is 2.00. The Morgan fingerprint density at radius 3 is 2.74 bits per heavy atom.